The molecule has 1 N–H and O–H groups in total. The fraction of sp³-hybridized carbons (Fsp3) is 0.500. The normalized spacial score (nSPS) is 12.6. The van der Waals surface area contributed by atoms with E-state index >= 15 is 0 Å². The minimum Gasteiger partial charge on any atom is -0.335 e. The number of aryl methyl sites for hydroxylation is 3. The summed E-state index contributed by atoms with van der Waals surface area (Å²) >= 11 is 0. The second-order valence-corrected chi connectivity index (χ2v) is 5.21. The lowest BCUT2D eigenvalue weighted by Crippen LogP contribution is -2.22. The molecule has 108 valence electrons. The van der Waals surface area contributed by atoms with Crippen molar-refractivity contribution in [2.24, 2.45) is 0 Å². The van der Waals surface area contributed by atoms with Crippen LogP contribution in [0.5, 0.6) is 0 Å². The molecule has 2 rings (SSSR count). The molecule has 0 aliphatic carbocycles. The van der Waals surface area contributed by atoms with Gasteiger partial charge in [0.05, 0.1) is 0 Å². The first-order valence-electron chi connectivity index (χ1n) is 7.27. The molecule has 1 unspecified atom stereocenters. The van der Waals surface area contributed by atoms with Crippen molar-refractivity contribution in [3.05, 3.63) is 47.3 Å². The molecule has 4 nitrogen and oxygen atoms in total. The lowest BCUT2D eigenvalue weighted by Gasteiger charge is -2.19. The van der Waals surface area contributed by atoms with Gasteiger partial charge in [0.2, 0.25) is 0 Å². The molecule has 0 amide bonds. The van der Waals surface area contributed by atoms with Gasteiger partial charge in [-0.25, -0.2) is 4.98 Å². The van der Waals surface area contributed by atoms with Crippen LogP contribution >= 0.6 is 0 Å². The molecule has 20 heavy (non-hydrogen) atoms. The monoisotopic (exact) mass is 272 g/mol. The fourth-order valence-corrected chi connectivity index (χ4v) is 2.59. The van der Waals surface area contributed by atoms with Crippen LogP contribution in [0.2, 0.25) is 0 Å². The maximum absolute atomic E-state index is 4.56. The second-order valence-electron chi connectivity index (χ2n) is 5.21. The van der Waals surface area contributed by atoms with Crippen LogP contribution in [-0.2, 0) is 13.0 Å². The van der Waals surface area contributed by atoms with Crippen molar-refractivity contribution in [1.29, 1.82) is 0 Å². The van der Waals surface area contributed by atoms with Crippen LogP contribution in [0.3, 0.4) is 0 Å². The first-order chi connectivity index (χ1) is 9.65. The molecule has 4 heteroatoms. The number of hydrogen-bond donors (Lipinski definition) is 1. The predicted molar refractivity (Wildman–Crippen MR) is 81.7 cm³/mol. The van der Waals surface area contributed by atoms with E-state index in [1.807, 2.05) is 20.2 Å². The van der Waals surface area contributed by atoms with E-state index < -0.39 is 0 Å². The van der Waals surface area contributed by atoms with Crippen LogP contribution in [0.15, 0.2) is 24.5 Å². The molecular formula is C16H24N4. The van der Waals surface area contributed by atoms with Crippen LogP contribution in [0.1, 0.15) is 42.2 Å². The van der Waals surface area contributed by atoms with Crippen LogP contribution in [-0.4, -0.2) is 21.6 Å². The summed E-state index contributed by atoms with van der Waals surface area (Å²) in [6, 6.07) is 4.50. The third-order valence-electron chi connectivity index (χ3n) is 3.64. The quantitative estimate of drug-likeness (QED) is 0.879. The smallest absolute Gasteiger partial charge is 0.110 e. The number of likely N-dealkylation sites (N-methyl/N-ethyl adjacent to an activating group) is 1. The molecule has 2 heterocycles. The Morgan fingerprint density at radius 3 is 2.75 bits per heavy atom. The van der Waals surface area contributed by atoms with E-state index in [-0.39, 0.29) is 6.04 Å². The van der Waals surface area contributed by atoms with Crippen molar-refractivity contribution >= 4 is 0 Å². The summed E-state index contributed by atoms with van der Waals surface area (Å²) in [4.78, 5) is 9.06. The van der Waals surface area contributed by atoms with Crippen molar-refractivity contribution in [3.63, 3.8) is 0 Å². The molecule has 0 saturated heterocycles. The van der Waals surface area contributed by atoms with E-state index in [1.165, 1.54) is 5.56 Å². The van der Waals surface area contributed by atoms with E-state index in [0.29, 0.717) is 0 Å². The summed E-state index contributed by atoms with van der Waals surface area (Å²) in [7, 11) is 2.00. The first kappa shape index (κ1) is 14.7. The molecule has 0 radical (unpaired) electrons. The van der Waals surface area contributed by atoms with Gasteiger partial charge in [-0.05, 0) is 38.9 Å². The van der Waals surface area contributed by atoms with Gasteiger partial charge in [0.15, 0.2) is 0 Å². The summed E-state index contributed by atoms with van der Waals surface area (Å²) in [6.07, 6.45) is 5.96. The van der Waals surface area contributed by atoms with E-state index in [4.69, 9.17) is 0 Å². The predicted octanol–water partition coefficient (Wildman–Crippen LogP) is 2.81. The van der Waals surface area contributed by atoms with Crippen LogP contribution in [0, 0.1) is 13.8 Å². The minimum atomic E-state index is 0.251. The van der Waals surface area contributed by atoms with Gasteiger partial charge in [0, 0.05) is 42.8 Å². The Balaban J connectivity index is 2.22. The molecule has 0 aromatic carbocycles. The Hall–Kier alpha value is -1.68. The molecule has 1 atom stereocenters. The van der Waals surface area contributed by atoms with Gasteiger partial charge in [-0.15, -0.1) is 0 Å². The largest absolute Gasteiger partial charge is 0.335 e. The molecule has 0 saturated carbocycles. The van der Waals surface area contributed by atoms with E-state index in [1.54, 1.807) is 0 Å². The average molecular weight is 272 g/mol. The summed E-state index contributed by atoms with van der Waals surface area (Å²) in [5.74, 6) is 1.13. The zero-order valence-corrected chi connectivity index (χ0v) is 12.8. The summed E-state index contributed by atoms with van der Waals surface area (Å²) in [6.45, 7) is 7.31. The molecular weight excluding hydrogens is 248 g/mol. The highest BCUT2D eigenvalue weighted by Crippen LogP contribution is 2.20. The number of nitrogens with zero attached hydrogens (tertiary/aromatic N) is 3. The Kier molecular flexibility index (Phi) is 4.90. The van der Waals surface area contributed by atoms with Crippen LogP contribution in [0.25, 0.3) is 0 Å². The summed E-state index contributed by atoms with van der Waals surface area (Å²) in [5.41, 5.74) is 3.41. The highest BCUT2D eigenvalue weighted by Gasteiger charge is 2.16. The lowest BCUT2D eigenvalue weighted by molar-refractivity contribution is 0.539. The first-order valence-corrected chi connectivity index (χ1v) is 7.27. The highest BCUT2D eigenvalue weighted by atomic mass is 15.1. The molecule has 0 spiro atoms. The van der Waals surface area contributed by atoms with Gasteiger partial charge in [-0.3, -0.25) is 4.98 Å². The summed E-state index contributed by atoms with van der Waals surface area (Å²) in [5, 5.41) is 3.39. The van der Waals surface area contributed by atoms with Gasteiger partial charge in [-0.2, -0.15) is 0 Å². The molecule has 2 aromatic heterocycles. The van der Waals surface area contributed by atoms with Gasteiger partial charge < -0.3 is 9.88 Å². The highest BCUT2D eigenvalue weighted by molar-refractivity contribution is 5.26. The molecule has 0 aliphatic rings. The zero-order valence-electron chi connectivity index (χ0n) is 12.8. The number of hydrogen-bond acceptors (Lipinski definition) is 3. The van der Waals surface area contributed by atoms with Crippen molar-refractivity contribution in [2.45, 2.75) is 46.2 Å². The number of imidazole rings is 1. The topological polar surface area (TPSA) is 42.7 Å². The van der Waals surface area contributed by atoms with E-state index in [0.717, 1.165) is 36.6 Å². The number of pyridine rings is 1. The zero-order chi connectivity index (χ0) is 14.5. The lowest BCUT2D eigenvalue weighted by atomic mass is 10.0. The van der Waals surface area contributed by atoms with E-state index in [9.17, 15) is 0 Å². The van der Waals surface area contributed by atoms with Crippen LogP contribution < -0.4 is 5.32 Å². The third-order valence-corrected chi connectivity index (χ3v) is 3.64. The molecule has 2 aromatic rings. The Bertz CT molecular complexity index is 559. The number of nitrogens with one attached hydrogen (secondary N) is 1. The van der Waals surface area contributed by atoms with Gasteiger partial charge in [-0.1, -0.05) is 13.0 Å². The van der Waals surface area contributed by atoms with Crippen molar-refractivity contribution in [3.8, 4) is 0 Å². The van der Waals surface area contributed by atoms with Gasteiger partial charge >= 0.3 is 0 Å². The summed E-state index contributed by atoms with van der Waals surface area (Å²) < 4.78 is 2.24. The standard InChI is InChI=1S/C16H24N4/c1-5-9-20-10-8-18-16(20)11-15(17-4)14-7-6-12(2)19-13(14)3/h6-8,10,15,17H,5,9,11H2,1-4H3. The molecule has 0 aliphatic heterocycles. The SMILES string of the molecule is CCCn1ccnc1CC(NC)c1ccc(C)nc1C. The maximum Gasteiger partial charge on any atom is 0.110 e. The Labute approximate surface area is 121 Å². The van der Waals surface area contributed by atoms with E-state index in [2.05, 4.69) is 52.0 Å². The fourth-order valence-electron chi connectivity index (χ4n) is 2.59. The number of rotatable bonds is 6. The van der Waals surface area contributed by atoms with Crippen molar-refractivity contribution < 1.29 is 0 Å². The Morgan fingerprint density at radius 1 is 1.30 bits per heavy atom. The number of aromatic nitrogens is 3. The van der Waals surface area contributed by atoms with Gasteiger partial charge in [0.25, 0.3) is 0 Å². The average Bonchev–Trinajstić information content (AvgIpc) is 2.84. The van der Waals surface area contributed by atoms with Gasteiger partial charge in [0.1, 0.15) is 5.82 Å². The molecule has 0 bridgehead atoms. The van der Waals surface area contributed by atoms with Crippen molar-refractivity contribution in [2.75, 3.05) is 7.05 Å². The molecule has 0 fully saturated rings. The minimum absolute atomic E-state index is 0.251. The third kappa shape index (κ3) is 3.25. The Morgan fingerprint density at radius 2 is 2.10 bits per heavy atom. The van der Waals surface area contributed by atoms with Crippen LogP contribution in [0.4, 0.5) is 0 Å². The van der Waals surface area contributed by atoms with Crippen molar-refractivity contribution in [1.82, 2.24) is 19.9 Å². The maximum atomic E-state index is 4.56. The second kappa shape index (κ2) is 6.66.